The molecule has 2 saturated heterocycles. The van der Waals surface area contributed by atoms with Gasteiger partial charge in [0.15, 0.2) is 0 Å². The maximum Gasteiger partial charge on any atom is 0.228 e. The molecule has 0 atom stereocenters. The van der Waals surface area contributed by atoms with Gasteiger partial charge in [0, 0.05) is 32.2 Å². The van der Waals surface area contributed by atoms with Crippen LogP contribution < -0.4 is 0 Å². The largest absolute Gasteiger partial charge is 0.342 e. The van der Waals surface area contributed by atoms with E-state index in [9.17, 15) is 4.79 Å². The van der Waals surface area contributed by atoms with Crippen LogP contribution in [0.5, 0.6) is 0 Å². The lowest BCUT2D eigenvalue weighted by Gasteiger charge is -2.69. The molecule has 1 amide bonds. The molecule has 0 radical (unpaired) electrons. The third-order valence-electron chi connectivity index (χ3n) is 6.91. The Morgan fingerprint density at radius 1 is 1.05 bits per heavy atom. The van der Waals surface area contributed by atoms with Crippen molar-refractivity contribution in [1.82, 2.24) is 9.80 Å². The molecule has 3 aliphatic carbocycles. The number of hydrogen-bond acceptors (Lipinski definition) is 2. The van der Waals surface area contributed by atoms with E-state index >= 15 is 0 Å². The van der Waals surface area contributed by atoms with E-state index in [-0.39, 0.29) is 5.41 Å². The van der Waals surface area contributed by atoms with E-state index in [2.05, 4.69) is 30.6 Å². The third-order valence-corrected chi connectivity index (χ3v) is 6.91. The van der Waals surface area contributed by atoms with Crippen molar-refractivity contribution in [3.8, 4) is 0 Å². The van der Waals surface area contributed by atoms with Crippen molar-refractivity contribution in [2.24, 2.45) is 22.7 Å². The van der Waals surface area contributed by atoms with Gasteiger partial charge in [-0.05, 0) is 63.2 Å². The first-order valence-electron chi connectivity index (χ1n) is 8.94. The summed E-state index contributed by atoms with van der Waals surface area (Å²) in [7, 11) is 0. The summed E-state index contributed by atoms with van der Waals surface area (Å²) in [6.45, 7) is 11.6. The molecular weight excluding hydrogens is 260 g/mol. The van der Waals surface area contributed by atoms with E-state index < -0.39 is 0 Å². The smallest absolute Gasteiger partial charge is 0.228 e. The van der Waals surface area contributed by atoms with E-state index in [0.29, 0.717) is 17.4 Å². The Labute approximate surface area is 129 Å². The number of carbonyl (C=O) groups excluding carboxylic acids is 1. The Morgan fingerprint density at radius 3 is 2.10 bits per heavy atom. The van der Waals surface area contributed by atoms with Crippen molar-refractivity contribution < 1.29 is 4.79 Å². The average molecular weight is 290 g/mol. The Hall–Kier alpha value is -0.570. The fourth-order valence-corrected chi connectivity index (χ4v) is 5.70. The van der Waals surface area contributed by atoms with E-state index in [1.807, 2.05) is 0 Å². The second-order valence-electron chi connectivity index (χ2n) is 9.06. The number of amides is 1. The van der Waals surface area contributed by atoms with Gasteiger partial charge >= 0.3 is 0 Å². The molecule has 0 aromatic heterocycles. The minimum Gasteiger partial charge on any atom is -0.342 e. The maximum atomic E-state index is 12.7. The highest BCUT2D eigenvalue weighted by Gasteiger charge is 2.69. The molecule has 0 unspecified atom stereocenters. The summed E-state index contributed by atoms with van der Waals surface area (Å²) in [5.74, 6) is 2.27. The van der Waals surface area contributed by atoms with Crippen LogP contribution in [0.3, 0.4) is 0 Å². The SMILES string of the molecule is CC(C)N1CC(C2CCN(C(=O)C34CC(C)(C3)C4)CC2)C1. The van der Waals surface area contributed by atoms with Crippen LogP contribution in [0.15, 0.2) is 0 Å². The predicted octanol–water partition coefficient (Wildman–Crippen LogP) is 2.76. The lowest BCUT2D eigenvalue weighted by atomic mass is 9.35. The topological polar surface area (TPSA) is 23.6 Å². The first kappa shape index (κ1) is 14.0. The molecular formula is C18H30N2O. The fourth-order valence-electron chi connectivity index (χ4n) is 5.70. The lowest BCUT2D eigenvalue weighted by molar-refractivity contribution is -0.210. The van der Waals surface area contributed by atoms with Crippen molar-refractivity contribution in [2.75, 3.05) is 26.2 Å². The number of rotatable bonds is 3. The molecule has 0 spiro atoms. The van der Waals surface area contributed by atoms with Gasteiger partial charge in [0.2, 0.25) is 5.91 Å². The van der Waals surface area contributed by atoms with Gasteiger partial charge in [0.05, 0.1) is 5.41 Å². The van der Waals surface area contributed by atoms with Crippen LogP contribution in [-0.4, -0.2) is 47.9 Å². The van der Waals surface area contributed by atoms with Crippen molar-refractivity contribution in [2.45, 2.75) is 58.9 Å². The second-order valence-corrected chi connectivity index (χ2v) is 9.06. The van der Waals surface area contributed by atoms with Crippen molar-refractivity contribution in [3.63, 3.8) is 0 Å². The Morgan fingerprint density at radius 2 is 1.62 bits per heavy atom. The average Bonchev–Trinajstić information content (AvgIpc) is 2.31. The normalized spacial score (nSPS) is 40.7. The van der Waals surface area contributed by atoms with Gasteiger partial charge < -0.3 is 9.80 Å². The van der Waals surface area contributed by atoms with Crippen LogP contribution in [0.2, 0.25) is 0 Å². The lowest BCUT2D eigenvalue weighted by Crippen LogP contribution is -2.67. The number of nitrogens with zero attached hydrogens (tertiary/aromatic N) is 2. The Balaban J connectivity index is 1.25. The van der Waals surface area contributed by atoms with Crippen LogP contribution in [0.25, 0.3) is 0 Å². The molecule has 5 rings (SSSR count). The maximum absolute atomic E-state index is 12.7. The minimum atomic E-state index is 0.104. The summed E-state index contributed by atoms with van der Waals surface area (Å²) in [4.78, 5) is 17.5. The molecule has 3 nitrogen and oxygen atoms in total. The van der Waals surface area contributed by atoms with E-state index in [1.54, 1.807) is 0 Å². The minimum absolute atomic E-state index is 0.104. The van der Waals surface area contributed by atoms with Gasteiger partial charge in [-0.25, -0.2) is 0 Å². The molecule has 118 valence electrons. The fraction of sp³-hybridized carbons (Fsp3) is 0.944. The van der Waals surface area contributed by atoms with Crippen molar-refractivity contribution in [3.05, 3.63) is 0 Å². The number of carbonyl (C=O) groups is 1. The zero-order valence-corrected chi connectivity index (χ0v) is 13.9. The molecule has 5 fully saturated rings. The molecule has 0 aromatic rings. The van der Waals surface area contributed by atoms with Crippen LogP contribution in [0.1, 0.15) is 52.9 Å². The third kappa shape index (κ3) is 2.07. The monoisotopic (exact) mass is 290 g/mol. The van der Waals surface area contributed by atoms with Gasteiger partial charge in [0.1, 0.15) is 0 Å². The zero-order valence-electron chi connectivity index (χ0n) is 13.9. The molecule has 3 saturated carbocycles. The Kier molecular flexibility index (Phi) is 2.99. The van der Waals surface area contributed by atoms with Gasteiger partial charge in [-0.2, -0.15) is 0 Å². The summed E-state index contributed by atoms with van der Waals surface area (Å²) < 4.78 is 0. The highest BCUT2D eigenvalue weighted by atomic mass is 16.2. The predicted molar refractivity (Wildman–Crippen MR) is 83.9 cm³/mol. The number of hydrogen-bond donors (Lipinski definition) is 0. The molecule has 3 heteroatoms. The van der Waals surface area contributed by atoms with Gasteiger partial charge in [-0.1, -0.05) is 6.92 Å². The molecule has 21 heavy (non-hydrogen) atoms. The Bertz CT molecular complexity index is 424. The van der Waals surface area contributed by atoms with Crippen LogP contribution in [0.4, 0.5) is 0 Å². The first-order valence-corrected chi connectivity index (χ1v) is 8.94. The molecule has 0 N–H and O–H groups in total. The molecule has 0 aromatic carbocycles. The summed E-state index contributed by atoms with van der Waals surface area (Å²) in [5, 5.41) is 0. The van der Waals surface area contributed by atoms with Crippen LogP contribution in [0, 0.1) is 22.7 Å². The summed E-state index contributed by atoms with van der Waals surface area (Å²) in [6, 6.07) is 0.702. The first-order chi connectivity index (χ1) is 9.91. The standard InChI is InChI=1S/C18H30N2O/c1-13(2)20-8-15(9-20)14-4-6-19(7-5-14)16(21)18-10-17(3,11-18)12-18/h13-15H,4-12H2,1-3H3. The van der Waals surface area contributed by atoms with Gasteiger partial charge in [-0.3, -0.25) is 4.79 Å². The van der Waals surface area contributed by atoms with E-state index in [1.165, 1.54) is 45.2 Å². The zero-order chi connectivity index (χ0) is 14.8. The van der Waals surface area contributed by atoms with Crippen molar-refractivity contribution >= 4 is 5.91 Å². The number of likely N-dealkylation sites (tertiary alicyclic amines) is 2. The quantitative estimate of drug-likeness (QED) is 0.798. The van der Waals surface area contributed by atoms with Crippen molar-refractivity contribution in [1.29, 1.82) is 0 Å². The van der Waals surface area contributed by atoms with Crippen LogP contribution in [-0.2, 0) is 4.79 Å². The molecule has 2 bridgehead atoms. The highest BCUT2D eigenvalue weighted by molar-refractivity contribution is 5.86. The second kappa shape index (κ2) is 4.47. The molecule has 5 aliphatic rings. The summed E-state index contributed by atoms with van der Waals surface area (Å²) >= 11 is 0. The highest BCUT2D eigenvalue weighted by Crippen LogP contribution is 2.73. The summed E-state index contributed by atoms with van der Waals surface area (Å²) in [6.07, 6.45) is 6.01. The van der Waals surface area contributed by atoms with Gasteiger partial charge in [-0.15, -0.1) is 0 Å². The van der Waals surface area contributed by atoms with Crippen LogP contribution >= 0.6 is 0 Å². The van der Waals surface area contributed by atoms with E-state index in [0.717, 1.165) is 24.9 Å². The molecule has 2 aliphatic heterocycles. The summed E-state index contributed by atoms with van der Waals surface area (Å²) in [5.41, 5.74) is 0.646. The van der Waals surface area contributed by atoms with Gasteiger partial charge in [0.25, 0.3) is 0 Å². The number of piperidine rings is 1. The molecule has 2 heterocycles. The van der Waals surface area contributed by atoms with E-state index in [4.69, 9.17) is 0 Å².